The highest BCUT2D eigenvalue weighted by Crippen LogP contribution is 2.06. The smallest absolute Gasteiger partial charge is 0.349 e. The molecule has 1 rings (SSSR count). The Kier molecular flexibility index (Phi) is 6.90. The summed E-state index contributed by atoms with van der Waals surface area (Å²) in [6, 6.07) is 10.2. The molecule has 0 aliphatic rings. The summed E-state index contributed by atoms with van der Waals surface area (Å²) in [5, 5.41) is 5.65. The molecule has 0 saturated heterocycles. The van der Waals surface area contributed by atoms with Crippen LogP contribution in [-0.4, -0.2) is 16.2 Å². The van der Waals surface area contributed by atoms with E-state index in [9.17, 15) is 9.18 Å². The van der Waals surface area contributed by atoms with E-state index < -0.39 is 11.1 Å². The van der Waals surface area contributed by atoms with Crippen molar-refractivity contribution in [3.63, 3.8) is 0 Å². The molecule has 0 aliphatic carbocycles. The zero-order valence-corrected chi connectivity index (χ0v) is 9.82. The van der Waals surface area contributed by atoms with E-state index in [2.05, 4.69) is 15.9 Å². The van der Waals surface area contributed by atoms with Crippen molar-refractivity contribution < 1.29 is 14.3 Å². The van der Waals surface area contributed by atoms with Crippen LogP contribution >= 0.6 is 15.9 Å². The predicted octanol–water partition coefficient (Wildman–Crippen LogP) is 2.47. The van der Waals surface area contributed by atoms with Crippen LogP contribution in [0.3, 0.4) is 0 Å². The highest BCUT2D eigenvalue weighted by atomic mass is 79.9. The van der Waals surface area contributed by atoms with E-state index in [0.717, 1.165) is 0 Å². The standard InChI is InChI=1S/C8H11N.C2H2BrFO2/c1-7(9)8-5-3-2-4-6-8;3-1(4)2(5)6/h2-7H,9H2,1H3;1H,(H,5,6)/t7-;1-/m11/s1. The van der Waals surface area contributed by atoms with E-state index >= 15 is 0 Å². The van der Waals surface area contributed by atoms with Gasteiger partial charge in [-0.2, -0.15) is 0 Å². The first-order valence-corrected chi connectivity index (χ1v) is 5.18. The molecule has 0 radical (unpaired) electrons. The summed E-state index contributed by atoms with van der Waals surface area (Å²) in [5.41, 5.74) is 6.81. The van der Waals surface area contributed by atoms with Gasteiger partial charge in [0.25, 0.3) is 5.08 Å². The van der Waals surface area contributed by atoms with Crippen molar-refractivity contribution in [2.45, 2.75) is 18.0 Å². The van der Waals surface area contributed by atoms with E-state index in [1.165, 1.54) is 5.56 Å². The van der Waals surface area contributed by atoms with Gasteiger partial charge in [0.2, 0.25) is 0 Å². The lowest BCUT2D eigenvalue weighted by molar-refractivity contribution is -0.139. The Hall–Kier alpha value is -0.940. The van der Waals surface area contributed by atoms with Crippen LogP contribution in [0.15, 0.2) is 30.3 Å². The molecule has 0 saturated carbocycles. The molecule has 0 fully saturated rings. The Balaban J connectivity index is 0.000000288. The average molecular weight is 278 g/mol. The Labute approximate surface area is 96.2 Å². The molecule has 0 bridgehead atoms. The molecule has 0 aromatic heterocycles. The number of rotatable bonds is 2. The molecular formula is C10H13BrFNO2. The SMILES string of the molecule is C[C@@H](N)c1ccccc1.O=C(O)[C@@H](F)Br. The van der Waals surface area contributed by atoms with Crippen LogP contribution in [0, 0.1) is 0 Å². The van der Waals surface area contributed by atoms with E-state index in [-0.39, 0.29) is 6.04 Å². The highest BCUT2D eigenvalue weighted by Gasteiger charge is 2.07. The van der Waals surface area contributed by atoms with Crippen LogP contribution in [0.2, 0.25) is 0 Å². The Morgan fingerprint density at radius 1 is 1.47 bits per heavy atom. The van der Waals surface area contributed by atoms with Crippen molar-refractivity contribution >= 4 is 21.9 Å². The van der Waals surface area contributed by atoms with Crippen LogP contribution in [0.4, 0.5) is 4.39 Å². The van der Waals surface area contributed by atoms with E-state index in [0.29, 0.717) is 0 Å². The minimum absolute atomic E-state index is 0.159. The fourth-order valence-corrected chi connectivity index (χ4v) is 0.757. The first kappa shape index (κ1) is 14.1. The van der Waals surface area contributed by atoms with Gasteiger partial charge in [0.1, 0.15) is 0 Å². The molecule has 3 nitrogen and oxygen atoms in total. The molecule has 5 heteroatoms. The highest BCUT2D eigenvalue weighted by molar-refractivity contribution is 9.09. The van der Waals surface area contributed by atoms with Crippen LogP contribution in [0.25, 0.3) is 0 Å². The molecule has 0 heterocycles. The van der Waals surface area contributed by atoms with E-state index in [4.69, 9.17) is 10.8 Å². The lowest BCUT2D eigenvalue weighted by Crippen LogP contribution is -2.04. The molecule has 1 aromatic carbocycles. The second kappa shape index (κ2) is 7.36. The minimum Gasteiger partial charge on any atom is -0.478 e. The quantitative estimate of drug-likeness (QED) is 0.817. The number of carbonyl (C=O) groups is 1. The lowest BCUT2D eigenvalue weighted by atomic mass is 10.1. The van der Waals surface area contributed by atoms with Crippen molar-refractivity contribution in [3.05, 3.63) is 35.9 Å². The average Bonchev–Trinajstić information content (AvgIpc) is 2.20. The first-order valence-electron chi connectivity index (χ1n) is 4.26. The first-order chi connectivity index (χ1) is 6.95. The summed E-state index contributed by atoms with van der Waals surface area (Å²) in [4.78, 5) is 9.28. The number of aliphatic carboxylic acids is 1. The summed E-state index contributed by atoms with van der Waals surface area (Å²) in [5.74, 6) is -1.49. The third-order valence-corrected chi connectivity index (χ3v) is 1.90. The third kappa shape index (κ3) is 7.04. The van der Waals surface area contributed by atoms with Crippen molar-refractivity contribution in [1.29, 1.82) is 0 Å². The van der Waals surface area contributed by atoms with E-state index in [1.807, 2.05) is 37.3 Å². The summed E-state index contributed by atoms with van der Waals surface area (Å²) in [6.45, 7) is 1.98. The molecule has 3 N–H and O–H groups in total. The fraction of sp³-hybridized carbons (Fsp3) is 0.300. The fourth-order valence-electron chi connectivity index (χ4n) is 0.757. The number of carboxylic acid groups (broad SMARTS) is 1. The maximum Gasteiger partial charge on any atom is 0.349 e. The van der Waals surface area contributed by atoms with Gasteiger partial charge in [0.05, 0.1) is 0 Å². The van der Waals surface area contributed by atoms with Crippen molar-refractivity contribution in [3.8, 4) is 0 Å². The number of hydrogen-bond donors (Lipinski definition) is 2. The minimum atomic E-state index is -1.92. The predicted molar refractivity (Wildman–Crippen MR) is 60.5 cm³/mol. The maximum atomic E-state index is 11.1. The summed E-state index contributed by atoms with van der Waals surface area (Å²) in [7, 11) is 0. The van der Waals surface area contributed by atoms with Crippen LogP contribution in [-0.2, 0) is 4.79 Å². The van der Waals surface area contributed by atoms with Gasteiger partial charge in [-0.3, -0.25) is 0 Å². The third-order valence-electron chi connectivity index (χ3n) is 1.51. The van der Waals surface area contributed by atoms with Crippen LogP contribution < -0.4 is 5.73 Å². The van der Waals surface area contributed by atoms with Gasteiger partial charge in [0.15, 0.2) is 0 Å². The molecular weight excluding hydrogens is 265 g/mol. The van der Waals surface area contributed by atoms with Gasteiger partial charge in [-0.25, -0.2) is 9.18 Å². The Morgan fingerprint density at radius 2 is 1.87 bits per heavy atom. The van der Waals surface area contributed by atoms with E-state index in [1.54, 1.807) is 0 Å². The number of nitrogens with two attached hydrogens (primary N) is 1. The number of benzene rings is 1. The second-order valence-corrected chi connectivity index (χ2v) is 3.64. The molecule has 0 spiro atoms. The largest absolute Gasteiger partial charge is 0.478 e. The molecule has 0 amide bonds. The zero-order valence-electron chi connectivity index (χ0n) is 8.23. The topological polar surface area (TPSA) is 63.3 Å². The van der Waals surface area contributed by atoms with Crippen molar-refractivity contribution in [1.82, 2.24) is 0 Å². The van der Waals surface area contributed by atoms with Gasteiger partial charge < -0.3 is 10.8 Å². The Bertz CT molecular complexity index is 291. The Morgan fingerprint density at radius 3 is 2.07 bits per heavy atom. The number of hydrogen-bond acceptors (Lipinski definition) is 2. The molecule has 15 heavy (non-hydrogen) atoms. The van der Waals surface area contributed by atoms with Crippen molar-refractivity contribution in [2.24, 2.45) is 5.73 Å². The normalized spacial score (nSPS) is 13.3. The molecule has 1 aromatic rings. The second-order valence-electron chi connectivity index (χ2n) is 2.84. The zero-order chi connectivity index (χ0) is 11.8. The molecule has 2 atom stereocenters. The molecule has 84 valence electrons. The number of alkyl halides is 2. The number of carboxylic acids is 1. The number of halogens is 2. The van der Waals surface area contributed by atoms with Gasteiger partial charge >= 0.3 is 5.97 Å². The summed E-state index contributed by atoms with van der Waals surface area (Å²) >= 11 is 2.17. The monoisotopic (exact) mass is 277 g/mol. The van der Waals surface area contributed by atoms with Gasteiger partial charge in [-0.05, 0) is 28.4 Å². The molecule has 0 aliphatic heterocycles. The summed E-state index contributed by atoms with van der Waals surface area (Å²) in [6.07, 6.45) is 0. The van der Waals surface area contributed by atoms with Crippen molar-refractivity contribution in [2.75, 3.05) is 0 Å². The van der Waals surface area contributed by atoms with Gasteiger partial charge in [0, 0.05) is 6.04 Å². The van der Waals surface area contributed by atoms with Gasteiger partial charge in [-0.15, -0.1) is 0 Å². The van der Waals surface area contributed by atoms with Crippen LogP contribution in [0.1, 0.15) is 18.5 Å². The maximum absolute atomic E-state index is 11.1. The summed E-state index contributed by atoms with van der Waals surface area (Å²) < 4.78 is 11.1. The van der Waals surface area contributed by atoms with Crippen LogP contribution in [0.5, 0.6) is 0 Å². The lowest BCUT2D eigenvalue weighted by Gasteiger charge is -2.02. The van der Waals surface area contributed by atoms with Gasteiger partial charge in [-0.1, -0.05) is 30.3 Å². The molecule has 0 unspecified atom stereocenters.